The molecule has 7 nitrogen and oxygen atoms in total. The van der Waals surface area contributed by atoms with E-state index in [-0.39, 0.29) is 6.61 Å². The number of halogens is 1. The number of nitrogens with zero attached hydrogens (tertiary/aromatic N) is 4. The van der Waals surface area contributed by atoms with E-state index in [9.17, 15) is 5.11 Å². The first-order chi connectivity index (χ1) is 17.0. The number of hydrogen-bond acceptors (Lipinski definition) is 6. The molecule has 0 aliphatic carbocycles. The van der Waals surface area contributed by atoms with Crippen LogP contribution in [0, 0.1) is 0 Å². The summed E-state index contributed by atoms with van der Waals surface area (Å²) in [7, 11) is 3.44. The van der Waals surface area contributed by atoms with E-state index >= 15 is 0 Å². The third-order valence-corrected chi connectivity index (χ3v) is 6.81. The zero-order chi connectivity index (χ0) is 24.2. The van der Waals surface area contributed by atoms with Crippen LogP contribution in [0.5, 0.6) is 11.6 Å². The predicted molar refractivity (Wildman–Crippen MR) is 133 cm³/mol. The van der Waals surface area contributed by atoms with Crippen LogP contribution in [-0.2, 0) is 19.3 Å². The Kier molecular flexibility index (Phi) is 4.98. The summed E-state index contributed by atoms with van der Waals surface area (Å²) in [5.74, 6) is 1.19. The van der Waals surface area contributed by atoms with E-state index in [1.54, 1.807) is 30.4 Å². The smallest absolute Gasteiger partial charge is 0.214 e. The quantitative estimate of drug-likeness (QED) is 0.360. The number of imidazole rings is 1. The Morgan fingerprint density at radius 2 is 1.97 bits per heavy atom. The third kappa shape index (κ3) is 3.43. The first kappa shape index (κ1) is 21.6. The van der Waals surface area contributed by atoms with Gasteiger partial charge in [-0.2, -0.15) is 0 Å². The van der Waals surface area contributed by atoms with Crippen molar-refractivity contribution in [3.05, 3.63) is 101 Å². The largest absolute Gasteiger partial charge is 0.489 e. The number of aliphatic hydroxyl groups is 1. The SMILES string of the molecule is COc1cc2c3cc(ccc3n1)C(O)(c1cncn1C)c1cnc(Cl)c(c1)COc1cccc-2c1. The minimum atomic E-state index is -1.56. The predicted octanol–water partition coefficient (Wildman–Crippen LogP) is 4.87. The van der Waals surface area contributed by atoms with Gasteiger partial charge in [0, 0.05) is 35.8 Å². The Hall–Kier alpha value is -3.94. The van der Waals surface area contributed by atoms with Crippen LogP contribution < -0.4 is 9.47 Å². The van der Waals surface area contributed by atoms with E-state index < -0.39 is 5.60 Å². The highest BCUT2D eigenvalue weighted by molar-refractivity contribution is 6.30. The lowest BCUT2D eigenvalue weighted by molar-refractivity contribution is 0.117. The molecular weight excluding hydrogens is 464 g/mol. The highest BCUT2D eigenvalue weighted by atomic mass is 35.5. The van der Waals surface area contributed by atoms with Gasteiger partial charge >= 0.3 is 0 Å². The standard InChI is InChI=1S/C27H21ClN4O3/c1-32-15-29-13-24(32)27(33)18-6-7-23-22(10-18)21(11-25(31-23)34-2)16-4-3-5-20(9-16)35-14-17-8-19(27)12-30-26(17)28/h3-13,15,33H,14H2,1-2H3. The number of aryl methyl sites for hydroxylation is 1. The molecule has 8 heteroatoms. The zero-order valence-electron chi connectivity index (χ0n) is 19.1. The minimum absolute atomic E-state index is 0.192. The van der Waals surface area contributed by atoms with Gasteiger partial charge in [0.15, 0.2) is 5.60 Å². The monoisotopic (exact) mass is 484 g/mol. The van der Waals surface area contributed by atoms with Crippen molar-refractivity contribution in [2.24, 2.45) is 7.05 Å². The average Bonchev–Trinajstić information content (AvgIpc) is 3.32. The second kappa shape index (κ2) is 8.08. The van der Waals surface area contributed by atoms with Crippen LogP contribution in [0.25, 0.3) is 22.0 Å². The molecule has 0 saturated carbocycles. The molecule has 1 unspecified atom stereocenters. The van der Waals surface area contributed by atoms with Crippen molar-refractivity contribution >= 4 is 22.5 Å². The molecule has 6 rings (SSSR count). The number of rotatable bonds is 2. The first-order valence-electron chi connectivity index (χ1n) is 11.0. The lowest BCUT2D eigenvalue weighted by atomic mass is 9.83. The fourth-order valence-corrected chi connectivity index (χ4v) is 4.80. The molecule has 0 amide bonds. The second-order valence-electron chi connectivity index (χ2n) is 8.53. The van der Waals surface area contributed by atoms with E-state index in [1.807, 2.05) is 61.6 Å². The fourth-order valence-electron chi connectivity index (χ4n) is 4.65. The molecule has 0 spiro atoms. The number of hydrogen-bond donors (Lipinski definition) is 1. The Bertz CT molecular complexity index is 1600. The van der Waals surface area contributed by atoms with Crippen molar-refractivity contribution in [2.45, 2.75) is 12.2 Å². The van der Waals surface area contributed by atoms with Crippen LogP contribution >= 0.6 is 11.6 Å². The van der Waals surface area contributed by atoms with Gasteiger partial charge in [0.1, 0.15) is 17.5 Å². The van der Waals surface area contributed by atoms with Crippen LogP contribution in [0.1, 0.15) is 22.4 Å². The van der Waals surface area contributed by atoms with Gasteiger partial charge in [0.2, 0.25) is 5.88 Å². The van der Waals surface area contributed by atoms with Gasteiger partial charge in [-0.25, -0.2) is 15.0 Å². The Morgan fingerprint density at radius 3 is 2.77 bits per heavy atom. The molecule has 174 valence electrons. The topological polar surface area (TPSA) is 82.3 Å². The molecular formula is C27H21ClN4O3. The fraction of sp³-hybridized carbons (Fsp3) is 0.148. The lowest BCUT2D eigenvalue weighted by Crippen LogP contribution is -2.31. The van der Waals surface area contributed by atoms with E-state index in [4.69, 9.17) is 21.1 Å². The summed E-state index contributed by atoms with van der Waals surface area (Å²) in [4.78, 5) is 13.3. The maximum absolute atomic E-state index is 12.4. The van der Waals surface area contributed by atoms with Gasteiger partial charge in [0.05, 0.1) is 30.8 Å². The maximum Gasteiger partial charge on any atom is 0.214 e. The normalized spacial score (nSPS) is 16.8. The van der Waals surface area contributed by atoms with Crippen LogP contribution in [0.15, 0.2) is 73.3 Å². The third-order valence-electron chi connectivity index (χ3n) is 6.47. The van der Waals surface area contributed by atoms with Gasteiger partial charge in [-0.1, -0.05) is 29.8 Å². The molecule has 0 radical (unpaired) electrons. The second-order valence-corrected chi connectivity index (χ2v) is 8.89. The van der Waals surface area contributed by atoms with Gasteiger partial charge in [0.25, 0.3) is 0 Å². The van der Waals surface area contributed by atoms with Crippen molar-refractivity contribution in [2.75, 3.05) is 7.11 Å². The summed E-state index contributed by atoms with van der Waals surface area (Å²) < 4.78 is 13.4. The van der Waals surface area contributed by atoms with Crippen molar-refractivity contribution in [1.29, 1.82) is 0 Å². The number of fused-ring (bicyclic) bond motifs is 6. The highest BCUT2D eigenvalue weighted by Crippen LogP contribution is 2.41. The average molecular weight is 485 g/mol. The molecule has 0 fully saturated rings. The molecule has 1 aliphatic heterocycles. The number of aromatic nitrogens is 4. The van der Waals surface area contributed by atoms with Crippen LogP contribution in [0.3, 0.4) is 0 Å². The molecule has 1 N–H and O–H groups in total. The molecule has 35 heavy (non-hydrogen) atoms. The van der Waals surface area contributed by atoms with Crippen molar-refractivity contribution in [3.63, 3.8) is 0 Å². The molecule has 4 heterocycles. The maximum atomic E-state index is 12.4. The number of methoxy groups -OCH3 is 1. The molecule has 6 bridgehead atoms. The van der Waals surface area contributed by atoms with Crippen molar-refractivity contribution in [1.82, 2.24) is 19.5 Å². The number of ether oxygens (including phenoxy) is 2. The molecule has 0 saturated heterocycles. The molecule has 3 aromatic heterocycles. The Labute approximate surface area is 206 Å². The summed E-state index contributed by atoms with van der Waals surface area (Å²) in [6.45, 7) is 0.192. The highest BCUT2D eigenvalue weighted by Gasteiger charge is 2.38. The summed E-state index contributed by atoms with van der Waals surface area (Å²) >= 11 is 6.43. The van der Waals surface area contributed by atoms with Gasteiger partial charge in [-0.3, -0.25) is 0 Å². The lowest BCUT2D eigenvalue weighted by Gasteiger charge is -2.30. The van der Waals surface area contributed by atoms with Crippen molar-refractivity contribution < 1.29 is 14.6 Å². The van der Waals surface area contributed by atoms with Crippen molar-refractivity contribution in [3.8, 4) is 22.8 Å². The zero-order valence-corrected chi connectivity index (χ0v) is 19.8. The van der Waals surface area contributed by atoms with Gasteiger partial charge in [-0.15, -0.1) is 0 Å². The van der Waals surface area contributed by atoms with Gasteiger partial charge in [-0.05, 0) is 47.0 Å². The summed E-state index contributed by atoms with van der Waals surface area (Å²) in [6, 6.07) is 17.3. The molecule has 1 aliphatic rings. The summed E-state index contributed by atoms with van der Waals surface area (Å²) in [6.07, 6.45) is 4.91. The van der Waals surface area contributed by atoms with Crippen LogP contribution in [0.2, 0.25) is 5.15 Å². The van der Waals surface area contributed by atoms with E-state index in [0.717, 1.165) is 22.0 Å². The van der Waals surface area contributed by atoms with Gasteiger partial charge < -0.3 is 19.1 Å². The van der Waals surface area contributed by atoms with Crippen LogP contribution in [-0.4, -0.2) is 31.7 Å². The molecule has 2 aromatic carbocycles. The van der Waals surface area contributed by atoms with Crippen LogP contribution in [0.4, 0.5) is 0 Å². The molecule has 1 atom stereocenters. The number of pyridine rings is 2. The summed E-state index contributed by atoms with van der Waals surface area (Å²) in [5, 5.41) is 13.6. The Balaban J connectivity index is 1.73. The molecule has 5 aromatic rings. The first-order valence-corrected chi connectivity index (χ1v) is 11.4. The van der Waals surface area contributed by atoms with E-state index in [0.29, 0.717) is 39.2 Å². The van der Waals surface area contributed by atoms with E-state index in [2.05, 4.69) is 15.0 Å². The van der Waals surface area contributed by atoms with E-state index in [1.165, 1.54) is 0 Å². The Morgan fingerprint density at radius 1 is 1.09 bits per heavy atom. The minimum Gasteiger partial charge on any atom is -0.489 e. The summed E-state index contributed by atoms with van der Waals surface area (Å²) in [5.41, 5.74) is 3.48. The number of benzene rings is 2.